The van der Waals surface area contributed by atoms with Crippen LogP contribution in [0.15, 0.2) is 30.7 Å². The molecule has 1 aromatic carbocycles. The topological polar surface area (TPSA) is 72.9 Å². The Labute approximate surface area is 118 Å². The monoisotopic (exact) mass is 272 g/mol. The normalized spacial score (nSPS) is 10.8. The number of benzene rings is 1. The first-order valence-corrected chi connectivity index (χ1v) is 6.64. The Hall–Kier alpha value is -2.30. The van der Waals surface area contributed by atoms with Crippen LogP contribution in [0, 0.1) is 0 Å². The molecule has 0 aliphatic rings. The van der Waals surface area contributed by atoms with Crippen LogP contribution in [-0.4, -0.2) is 15.3 Å². The second-order valence-corrected chi connectivity index (χ2v) is 5.10. The van der Waals surface area contributed by atoms with Gasteiger partial charge in [0.25, 0.3) is 0 Å². The number of carbonyl (C=O) groups is 1. The van der Waals surface area contributed by atoms with Crippen molar-refractivity contribution in [3.05, 3.63) is 42.0 Å². The average molecular weight is 272 g/mol. The van der Waals surface area contributed by atoms with Crippen LogP contribution in [0.2, 0.25) is 0 Å². The molecule has 20 heavy (non-hydrogen) atoms. The Morgan fingerprint density at radius 2 is 2.20 bits per heavy atom. The fourth-order valence-corrected chi connectivity index (χ4v) is 2.05. The van der Waals surface area contributed by atoms with Crippen molar-refractivity contribution in [3.63, 3.8) is 0 Å². The lowest BCUT2D eigenvalue weighted by Gasteiger charge is -2.14. The number of carbonyl (C=O) groups excluding carboxylic acids is 1. The number of aromatic nitrogens is 2. The second kappa shape index (κ2) is 5.77. The van der Waals surface area contributed by atoms with E-state index in [0.29, 0.717) is 23.8 Å². The van der Waals surface area contributed by atoms with Gasteiger partial charge in [0.2, 0.25) is 0 Å². The van der Waals surface area contributed by atoms with E-state index in [-0.39, 0.29) is 5.78 Å². The highest BCUT2D eigenvalue weighted by molar-refractivity contribution is 5.96. The van der Waals surface area contributed by atoms with Gasteiger partial charge in [-0.05, 0) is 39.0 Å². The maximum Gasteiger partial charge on any atom is 0.159 e. The van der Waals surface area contributed by atoms with E-state index >= 15 is 0 Å². The van der Waals surface area contributed by atoms with Gasteiger partial charge in [-0.15, -0.1) is 0 Å². The molecule has 0 unspecified atom stereocenters. The van der Waals surface area contributed by atoms with E-state index in [2.05, 4.69) is 28.7 Å². The molecule has 0 atom stereocenters. The number of Topliss-reactive ketones (excluding diaryl/α,β-unsaturated/α-hetero) is 1. The molecular weight excluding hydrogens is 252 g/mol. The molecule has 0 fully saturated rings. The van der Waals surface area contributed by atoms with Crippen molar-refractivity contribution < 1.29 is 4.79 Å². The zero-order valence-electron chi connectivity index (χ0n) is 12.1. The molecule has 0 amide bonds. The predicted octanol–water partition coefficient (Wildman–Crippen LogP) is 2.86. The van der Waals surface area contributed by atoms with Crippen molar-refractivity contribution in [2.75, 3.05) is 11.1 Å². The number of hydrogen-bond donors (Lipinski definition) is 2. The number of hydrogen-bond acceptors (Lipinski definition) is 4. The molecule has 1 aromatic heterocycles. The number of imidazole rings is 1. The number of nitrogens with two attached hydrogens (primary N) is 1. The van der Waals surface area contributed by atoms with Gasteiger partial charge in [0.05, 0.1) is 29.9 Å². The summed E-state index contributed by atoms with van der Waals surface area (Å²) in [6.07, 6.45) is 3.65. The molecule has 0 aliphatic heterocycles. The lowest BCUT2D eigenvalue weighted by Crippen LogP contribution is -2.10. The summed E-state index contributed by atoms with van der Waals surface area (Å²) in [4.78, 5) is 15.6. The highest BCUT2D eigenvalue weighted by Gasteiger charge is 2.08. The number of nitrogens with zero attached hydrogens (tertiary/aromatic N) is 2. The molecule has 1 heterocycles. The van der Waals surface area contributed by atoms with Crippen LogP contribution in [0.3, 0.4) is 0 Å². The van der Waals surface area contributed by atoms with Gasteiger partial charge in [-0.2, -0.15) is 0 Å². The van der Waals surface area contributed by atoms with Crippen LogP contribution in [0.1, 0.15) is 42.9 Å². The highest BCUT2D eigenvalue weighted by atomic mass is 16.1. The van der Waals surface area contributed by atoms with Gasteiger partial charge in [0.15, 0.2) is 5.78 Å². The molecule has 3 N–H and O–H groups in total. The van der Waals surface area contributed by atoms with Crippen molar-refractivity contribution in [1.82, 2.24) is 9.55 Å². The second-order valence-electron chi connectivity index (χ2n) is 5.10. The summed E-state index contributed by atoms with van der Waals surface area (Å²) >= 11 is 0. The standard InChI is InChI=1S/C15H20N4O/c1-10(2)19-9-17-7-13(19)8-18-15-6-12(11(3)20)4-5-14(15)16/h4-7,9-10,18H,8,16H2,1-3H3. The molecule has 0 radical (unpaired) electrons. The lowest BCUT2D eigenvalue weighted by atomic mass is 10.1. The zero-order valence-corrected chi connectivity index (χ0v) is 12.1. The summed E-state index contributed by atoms with van der Waals surface area (Å²) in [5.74, 6) is 0.0280. The first-order chi connectivity index (χ1) is 9.49. The zero-order chi connectivity index (χ0) is 14.7. The van der Waals surface area contributed by atoms with Crippen molar-refractivity contribution in [3.8, 4) is 0 Å². The quantitative estimate of drug-likeness (QED) is 0.648. The minimum atomic E-state index is 0.0280. The van der Waals surface area contributed by atoms with Gasteiger partial charge in [0.1, 0.15) is 0 Å². The summed E-state index contributed by atoms with van der Waals surface area (Å²) in [5, 5.41) is 3.27. The lowest BCUT2D eigenvalue weighted by molar-refractivity contribution is 0.101. The molecule has 0 aliphatic carbocycles. The number of anilines is 2. The van der Waals surface area contributed by atoms with Gasteiger partial charge in [-0.3, -0.25) is 4.79 Å². The van der Waals surface area contributed by atoms with Crippen molar-refractivity contribution in [2.24, 2.45) is 0 Å². The van der Waals surface area contributed by atoms with Gasteiger partial charge in [-0.25, -0.2) is 4.98 Å². The van der Waals surface area contributed by atoms with Gasteiger partial charge >= 0.3 is 0 Å². The molecule has 2 aromatic rings. The minimum absolute atomic E-state index is 0.0280. The van der Waals surface area contributed by atoms with Crippen LogP contribution in [-0.2, 0) is 6.54 Å². The number of rotatable bonds is 5. The summed E-state index contributed by atoms with van der Waals surface area (Å²) in [7, 11) is 0. The molecule has 0 saturated carbocycles. The first kappa shape index (κ1) is 14.1. The van der Waals surface area contributed by atoms with Crippen LogP contribution < -0.4 is 11.1 Å². The van der Waals surface area contributed by atoms with E-state index < -0.39 is 0 Å². The third-order valence-corrected chi connectivity index (χ3v) is 3.22. The Morgan fingerprint density at radius 1 is 1.45 bits per heavy atom. The first-order valence-electron chi connectivity index (χ1n) is 6.64. The highest BCUT2D eigenvalue weighted by Crippen LogP contribution is 2.21. The van der Waals surface area contributed by atoms with Crippen molar-refractivity contribution in [2.45, 2.75) is 33.4 Å². The third kappa shape index (κ3) is 2.99. The van der Waals surface area contributed by atoms with Crippen LogP contribution >= 0.6 is 0 Å². The third-order valence-electron chi connectivity index (χ3n) is 3.22. The Bertz CT molecular complexity index is 616. The predicted molar refractivity (Wildman–Crippen MR) is 80.8 cm³/mol. The largest absolute Gasteiger partial charge is 0.397 e. The Morgan fingerprint density at radius 3 is 2.85 bits per heavy atom. The van der Waals surface area contributed by atoms with Gasteiger partial charge < -0.3 is 15.6 Å². The summed E-state index contributed by atoms with van der Waals surface area (Å²) in [6.45, 7) is 6.37. The van der Waals surface area contributed by atoms with E-state index in [1.165, 1.54) is 0 Å². The maximum absolute atomic E-state index is 11.4. The summed E-state index contributed by atoms with van der Waals surface area (Å²) in [5.41, 5.74) is 9.06. The molecule has 106 valence electrons. The van der Waals surface area contributed by atoms with E-state index in [0.717, 1.165) is 11.4 Å². The fraction of sp³-hybridized carbons (Fsp3) is 0.333. The Balaban J connectivity index is 2.16. The smallest absolute Gasteiger partial charge is 0.159 e. The van der Waals surface area contributed by atoms with Crippen LogP contribution in [0.25, 0.3) is 0 Å². The number of nitrogen functional groups attached to an aromatic ring is 1. The molecule has 0 spiro atoms. The van der Waals surface area contributed by atoms with Crippen LogP contribution in [0.5, 0.6) is 0 Å². The molecule has 2 rings (SSSR count). The SMILES string of the molecule is CC(=O)c1ccc(N)c(NCc2cncn2C(C)C)c1. The molecule has 0 bridgehead atoms. The molecule has 5 heteroatoms. The fourth-order valence-electron chi connectivity index (χ4n) is 2.05. The van der Waals surface area contributed by atoms with E-state index in [9.17, 15) is 4.79 Å². The van der Waals surface area contributed by atoms with Crippen molar-refractivity contribution in [1.29, 1.82) is 0 Å². The Kier molecular flexibility index (Phi) is 4.08. The molecule has 0 saturated heterocycles. The van der Waals surface area contributed by atoms with E-state index in [4.69, 9.17) is 5.73 Å². The molecular formula is C15H20N4O. The minimum Gasteiger partial charge on any atom is -0.397 e. The summed E-state index contributed by atoms with van der Waals surface area (Å²) in [6, 6.07) is 5.63. The number of nitrogens with one attached hydrogen (secondary N) is 1. The molecule has 5 nitrogen and oxygen atoms in total. The van der Waals surface area contributed by atoms with Crippen LogP contribution in [0.4, 0.5) is 11.4 Å². The van der Waals surface area contributed by atoms with Gasteiger partial charge in [0, 0.05) is 17.8 Å². The number of ketones is 1. The van der Waals surface area contributed by atoms with E-state index in [1.807, 2.05) is 12.5 Å². The van der Waals surface area contributed by atoms with E-state index in [1.54, 1.807) is 25.1 Å². The van der Waals surface area contributed by atoms with Crippen molar-refractivity contribution >= 4 is 17.2 Å². The average Bonchev–Trinajstić information content (AvgIpc) is 2.86. The maximum atomic E-state index is 11.4. The van der Waals surface area contributed by atoms with Gasteiger partial charge in [-0.1, -0.05) is 0 Å². The summed E-state index contributed by atoms with van der Waals surface area (Å²) < 4.78 is 2.10.